The van der Waals surface area contributed by atoms with E-state index < -0.39 is 5.78 Å². The van der Waals surface area contributed by atoms with E-state index in [4.69, 9.17) is 9.84 Å². The number of hydrogen-bond donors (Lipinski definition) is 1. The number of carbonyl (C=O) groups is 2. The van der Waals surface area contributed by atoms with Crippen molar-refractivity contribution in [3.8, 4) is 0 Å². The molecular weight excluding hydrogens is 218 g/mol. The number of rotatable bonds is 2. The molecule has 0 radical (unpaired) electrons. The molecule has 0 bridgehead atoms. The lowest BCUT2D eigenvalue weighted by Crippen LogP contribution is -2.16. The standard InChI is InChI=1S/C9H7NO4S/c1-14-5-2-4(12)9-7(8(5)13)10-6(3-11)15-9/h2,11H,3H2,1H3. The van der Waals surface area contributed by atoms with Gasteiger partial charge in [0.15, 0.2) is 5.76 Å². The molecule has 0 atom stereocenters. The van der Waals surface area contributed by atoms with Gasteiger partial charge in [0.05, 0.1) is 13.7 Å². The third-order valence-corrected chi connectivity index (χ3v) is 3.01. The van der Waals surface area contributed by atoms with Crippen LogP contribution in [0, 0.1) is 0 Å². The van der Waals surface area contributed by atoms with Gasteiger partial charge in [0.25, 0.3) is 0 Å². The largest absolute Gasteiger partial charge is 0.492 e. The van der Waals surface area contributed by atoms with E-state index in [1.54, 1.807) is 0 Å². The van der Waals surface area contributed by atoms with E-state index in [1.165, 1.54) is 7.11 Å². The van der Waals surface area contributed by atoms with Crippen molar-refractivity contribution >= 4 is 22.9 Å². The summed E-state index contributed by atoms with van der Waals surface area (Å²) in [5, 5.41) is 9.21. The van der Waals surface area contributed by atoms with Gasteiger partial charge in [-0.25, -0.2) is 4.98 Å². The summed E-state index contributed by atoms with van der Waals surface area (Å²) in [5.41, 5.74) is 0.0772. The first kappa shape index (κ1) is 10.0. The number of Topliss-reactive ketones (excluding diaryl/α,β-unsaturated/α-hetero) is 1. The maximum atomic E-state index is 11.6. The lowest BCUT2D eigenvalue weighted by molar-refractivity contribution is 0.0914. The molecule has 1 heterocycles. The summed E-state index contributed by atoms with van der Waals surface area (Å²) in [6, 6.07) is 0. The molecule has 0 fully saturated rings. The van der Waals surface area contributed by atoms with Gasteiger partial charge < -0.3 is 9.84 Å². The fourth-order valence-corrected chi connectivity index (χ4v) is 2.10. The first-order chi connectivity index (χ1) is 7.17. The Balaban J connectivity index is 2.54. The molecule has 1 aliphatic rings. The molecular formula is C9H7NO4S. The van der Waals surface area contributed by atoms with Gasteiger partial charge in [-0.2, -0.15) is 0 Å². The average molecular weight is 225 g/mol. The zero-order valence-corrected chi connectivity index (χ0v) is 8.63. The van der Waals surface area contributed by atoms with E-state index in [2.05, 4.69) is 4.98 Å². The topological polar surface area (TPSA) is 76.5 Å². The number of carbonyl (C=O) groups excluding carboxylic acids is 2. The summed E-state index contributed by atoms with van der Waals surface area (Å²) in [4.78, 5) is 27.3. The fourth-order valence-electron chi connectivity index (χ4n) is 1.27. The van der Waals surface area contributed by atoms with Crippen LogP contribution in [0.2, 0.25) is 0 Å². The van der Waals surface area contributed by atoms with Crippen molar-refractivity contribution < 1.29 is 19.4 Å². The highest BCUT2D eigenvalue weighted by Gasteiger charge is 2.30. The van der Waals surface area contributed by atoms with Crippen LogP contribution in [0.3, 0.4) is 0 Å². The monoisotopic (exact) mass is 225 g/mol. The van der Waals surface area contributed by atoms with Gasteiger partial charge in [-0.1, -0.05) is 0 Å². The van der Waals surface area contributed by atoms with E-state index in [0.29, 0.717) is 5.01 Å². The van der Waals surface area contributed by atoms with Gasteiger partial charge in [0.1, 0.15) is 15.6 Å². The second-order valence-corrected chi connectivity index (χ2v) is 3.93. The highest BCUT2D eigenvalue weighted by molar-refractivity contribution is 7.14. The number of methoxy groups -OCH3 is 1. The van der Waals surface area contributed by atoms with Crippen LogP contribution >= 0.6 is 11.3 Å². The van der Waals surface area contributed by atoms with Crippen molar-refractivity contribution in [3.63, 3.8) is 0 Å². The quantitative estimate of drug-likeness (QED) is 0.795. The number of hydrogen-bond acceptors (Lipinski definition) is 6. The zero-order chi connectivity index (χ0) is 11.0. The SMILES string of the molecule is COC1=CC(=O)c2sc(CO)nc2C1=O. The Labute approximate surface area is 89.0 Å². The highest BCUT2D eigenvalue weighted by Crippen LogP contribution is 2.26. The van der Waals surface area contributed by atoms with E-state index in [-0.39, 0.29) is 28.7 Å². The van der Waals surface area contributed by atoms with Crippen LogP contribution in [0.5, 0.6) is 0 Å². The molecule has 15 heavy (non-hydrogen) atoms. The van der Waals surface area contributed by atoms with Gasteiger partial charge >= 0.3 is 0 Å². The summed E-state index contributed by atoms with van der Waals surface area (Å²) in [7, 11) is 1.32. The second-order valence-electron chi connectivity index (χ2n) is 2.85. The molecule has 1 aromatic heterocycles. The molecule has 5 nitrogen and oxygen atoms in total. The van der Waals surface area contributed by atoms with Crippen LogP contribution in [0.4, 0.5) is 0 Å². The number of allylic oxidation sites excluding steroid dienone is 2. The van der Waals surface area contributed by atoms with Crippen LogP contribution in [0.1, 0.15) is 25.2 Å². The predicted octanol–water partition coefficient (Wildman–Crippen LogP) is 0.545. The first-order valence-electron chi connectivity index (χ1n) is 4.12. The molecule has 2 rings (SSSR count). The van der Waals surface area contributed by atoms with Crippen molar-refractivity contribution in [2.75, 3.05) is 7.11 Å². The Morgan fingerprint density at radius 2 is 2.27 bits per heavy atom. The number of ketones is 2. The number of fused-ring (bicyclic) bond motifs is 1. The van der Waals surface area contributed by atoms with Crippen molar-refractivity contribution in [3.05, 3.63) is 27.4 Å². The molecule has 78 valence electrons. The van der Waals surface area contributed by atoms with Crippen molar-refractivity contribution in [1.29, 1.82) is 0 Å². The molecule has 0 amide bonds. The molecule has 0 aromatic carbocycles. The molecule has 1 N–H and O–H groups in total. The molecule has 0 saturated heterocycles. The summed E-state index contributed by atoms with van der Waals surface area (Å²) in [6.45, 7) is -0.277. The second kappa shape index (κ2) is 3.56. The minimum absolute atomic E-state index is 0.0118. The highest BCUT2D eigenvalue weighted by atomic mass is 32.1. The number of nitrogens with zero attached hydrogens (tertiary/aromatic N) is 1. The summed E-state index contributed by atoms with van der Waals surface area (Å²) in [5.74, 6) is -0.732. The number of aliphatic hydroxyl groups is 1. The minimum atomic E-state index is -0.414. The van der Waals surface area contributed by atoms with Gasteiger partial charge in [-0.15, -0.1) is 11.3 Å². The molecule has 0 aliphatic heterocycles. The van der Waals surface area contributed by atoms with Crippen LogP contribution in [-0.2, 0) is 11.3 Å². The van der Waals surface area contributed by atoms with Crippen molar-refractivity contribution in [2.24, 2.45) is 0 Å². The van der Waals surface area contributed by atoms with E-state index in [0.717, 1.165) is 17.4 Å². The smallest absolute Gasteiger partial charge is 0.247 e. The Morgan fingerprint density at radius 3 is 2.87 bits per heavy atom. The fraction of sp³-hybridized carbons (Fsp3) is 0.222. The zero-order valence-electron chi connectivity index (χ0n) is 7.81. The number of ether oxygens (including phenoxy) is 1. The van der Waals surface area contributed by atoms with Crippen molar-refractivity contribution in [1.82, 2.24) is 4.98 Å². The lowest BCUT2D eigenvalue weighted by atomic mass is 10.1. The van der Waals surface area contributed by atoms with Crippen LogP contribution in [0.15, 0.2) is 11.8 Å². The molecule has 0 spiro atoms. The van der Waals surface area contributed by atoms with Crippen LogP contribution in [0.25, 0.3) is 0 Å². The Hall–Kier alpha value is -1.53. The van der Waals surface area contributed by atoms with E-state index >= 15 is 0 Å². The van der Waals surface area contributed by atoms with E-state index in [1.807, 2.05) is 0 Å². The van der Waals surface area contributed by atoms with Gasteiger partial charge in [0, 0.05) is 6.08 Å². The number of aromatic nitrogens is 1. The molecule has 6 heteroatoms. The first-order valence-corrected chi connectivity index (χ1v) is 4.94. The van der Waals surface area contributed by atoms with E-state index in [9.17, 15) is 9.59 Å². The van der Waals surface area contributed by atoms with Crippen molar-refractivity contribution in [2.45, 2.75) is 6.61 Å². The van der Waals surface area contributed by atoms with Crippen LogP contribution < -0.4 is 0 Å². The average Bonchev–Trinajstić information content (AvgIpc) is 2.68. The minimum Gasteiger partial charge on any atom is -0.492 e. The Morgan fingerprint density at radius 1 is 1.53 bits per heavy atom. The van der Waals surface area contributed by atoms with Gasteiger partial charge in [0.2, 0.25) is 11.6 Å². The molecule has 1 aliphatic carbocycles. The summed E-state index contributed by atoms with van der Waals surface area (Å²) in [6.07, 6.45) is 1.14. The normalized spacial score (nSPS) is 14.9. The van der Waals surface area contributed by atoms with Crippen LogP contribution in [-0.4, -0.2) is 28.8 Å². The molecule has 0 saturated carbocycles. The molecule has 1 aromatic rings. The maximum Gasteiger partial charge on any atom is 0.247 e. The van der Waals surface area contributed by atoms with Gasteiger partial charge in [-0.05, 0) is 0 Å². The third-order valence-electron chi connectivity index (χ3n) is 1.95. The predicted molar refractivity (Wildman–Crippen MR) is 51.8 cm³/mol. The van der Waals surface area contributed by atoms with Gasteiger partial charge in [-0.3, -0.25) is 9.59 Å². The number of thiazole rings is 1. The third kappa shape index (κ3) is 1.47. The lowest BCUT2D eigenvalue weighted by Gasteiger charge is -2.07. The number of aliphatic hydroxyl groups excluding tert-OH is 1. The molecule has 0 unspecified atom stereocenters. The Bertz CT molecular complexity index is 474. The summed E-state index contributed by atoms with van der Waals surface area (Å²) >= 11 is 1.03. The maximum absolute atomic E-state index is 11.6. The Kier molecular flexibility index (Phi) is 2.37. The summed E-state index contributed by atoms with van der Waals surface area (Å²) < 4.78 is 4.77.